The number of benzene rings is 2. The summed E-state index contributed by atoms with van der Waals surface area (Å²) in [6.45, 7) is 0. The number of rotatable bonds is 2. The zero-order chi connectivity index (χ0) is 9.80. The fourth-order valence-corrected chi connectivity index (χ4v) is 2.72. The molecule has 0 saturated carbocycles. The minimum absolute atomic E-state index is 1.27. The van der Waals surface area contributed by atoms with Gasteiger partial charge in [0.1, 0.15) is 0 Å². The molecule has 1 radical (unpaired) electrons. The van der Waals surface area contributed by atoms with E-state index in [0.29, 0.717) is 0 Å². The molecule has 2 aromatic carbocycles. The van der Waals surface area contributed by atoms with Gasteiger partial charge in [-0.3, -0.25) is 0 Å². The van der Waals surface area contributed by atoms with Crippen LogP contribution in [0.5, 0.6) is 0 Å². The van der Waals surface area contributed by atoms with Gasteiger partial charge in [0, 0.05) is 0 Å². The van der Waals surface area contributed by atoms with Crippen molar-refractivity contribution in [2.75, 3.05) is 0 Å². The van der Waals surface area contributed by atoms with Crippen LogP contribution in [0.25, 0.3) is 11.1 Å². The molecule has 0 unspecified atom stereocenters. The molecule has 69 valence electrons. The molecule has 0 spiro atoms. The molecule has 0 heterocycles. The molecular formula is C12H9SSe. The molecule has 0 aliphatic rings. The second-order valence-electron chi connectivity index (χ2n) is 2.95. The number of hydrogen-bond acceptors (Lipinski definition) is 1. The fraction of sp³-hybridized carbons (Fsp3) is 0. The van der Waals surface area contributed by atoms with E-state index in [9.17, 15) is 0 Å². The molecule has 0 nitrogen and oxygen atoms in total. The molecule has 0 fully saturated rings. The predicted molar refractivity (Wildman–Crippen MR) is 63.5 cm³/mol. The maximum absolute atomic E-state index is 2.99. The van der Waals surface area contributed by atoms with Crippen molar-refractivity contribution < 1.29 is 0 Å². The van der Waals surface area contributed by atoms with Crippen molar-refractivity contribution in [3.63, 3.8) is 0 Å². The summed E-state index contributed by atoms with van der Waals surface area (Å²) in [6, 6.07) is 18.8. The van der Waals surface area contributed by atoms with Gasteiger partial charge in [0.25, 0.3) is 0 Å². The summed E-state index contributed by atoms with van der Waals surface area (Å²) in [7, 11) is 1.67. The Morgan fingerprint density at radius 1 is 0.786 bits per heavy atom. The fourth-order valence-electron chi connectivity index (χ4n) is 1.40. The molecule has 0 saturated heterocycles. The van der Waals surface area contributed by atoms with Gasteiger partial charge in [-0.05, 0) is 0 Å². The first-order chi connectivity index (χ1) is 6.92. The van der Waals surface area contributed by atoms with Gasteiger partial charge >= 0.3 is 95.7 Å². The summed E-state index contributed by atoms with van der Waals surface area (Å²) in [5, 5.41) is 0. The average molecular weight is 264 g/mol. The van der Waals surface area contributed by atoms with Gasteiger partial charge in [-0.15, -0.1) is 0 Å². The molecule has 0 aliphatic carbocycles. The predicted octanol–water partition coefficient (Wildman–Crippen LogP) is 3.53. The molecular weight excluding hydrogens is 255 g/mol. The van der Waals surface area contributed by atoms with E-state index in [0.717, 1.165) is 0 Å². The van der Waals surface area contributed by atoms with E-state index in [1.807, 2.05) is 6.07 Å². The summed E-state index contributed by atoms with van der Waals surface area (Å²) in [6.07, 6.45) is 0. The van der Waals surface area contributed by atoms with E-state index in [4.69, 9.17) is 0 Å². The first kappa shape index (κ1) is 9.85. The normalized spacial score (nSPS) is 10.1. The van der Waals surface area contributed by atoms with Crippen LogP contribution in [-0.4, -0.2) is 14.9 Å². The Kier molecular flexibility index (Phi) is 3.30. The molecule has 2 aromatic rings. The standard InChI is InChI=1S/C12H9SSe/c14-13-12-9-5-4-8-11(12)10-6-2-1-3-7-10/h1-9H. The Bertz CT molecular complexity index is 412. The third kappa shape index (κ3) is 2.03. The molecule has 14 heavy (non-hydrogen) atoms. The summed E-state index contributed by atoms with van der Waals surface area (Å²) in [5.74, 6) is 0. The van der Waals surface area contributed by atoms with E-state index in [2.05, 4.69) is 63.4 Å². The second-order valence-corrected chi connectivity index (χ2v) is 4.60. The Morgan fingerprint density at radius 2 is 1.43 bits per heavy atom. The Balaban J connectivity index is 2.51. The SMILES string of the molecule is [Se]Sc1ccccc1-c1ccccc1. The Labute approximate surface area is 95.6 Å². The quantitative estimate of drug-likeness (QED) is 0.748. The van der Waals surface area contributed by atoms with Gasteiger partial charge in [-0.25, -0.2) is 0 Å². The Morgan fingerprint density at radius 3 is 2.14 bits per heavy atom. The molecule has 0 aliphatic heterocycles. The zero-order valence-electron chi connectivity index (χ0n) is 7.51. The zero-order valence-corrected chi connectivity index (χ0v) is 10.0. The van der Waals surface area contributed by atoms with Crippen molar-refractivity contribution in [2.45, 2.75) is 4.90 Å². The van der Waals surface area contributed by atoms with Gasteiger partial charge in [0.15, 0.2) is 0 Å². The van der Waals surface area contributed by atoms with Crippen molar-refractivity contribution in [2.24, 2.45) is 0 Å². The summed E-state index contributed by atoms with van der Waals surface area (Å²) >= 11 is 2.99. The van der Waals surface area contributed by atoms with Gasteiger partial charge in [-0.1, -0.05) is 0 Å². The van der Waals surface area contributed by atoms with Crippen LogP contribution < -0.4 is 0 Å². The van der Waals surface area contributed by atoms with Gasteiger partial charge in [-0.2, -0.15) is 0 Å². The van der Waals surface area contributed by atoms with E-state index in [1.54, 1.807) is 10.2 Å². The van der Waals surface area contributed by atoms with Crippen LogP contribution in [0.3, 0.4) is 0 Å². The van der Waals surface area contributed by atoms with Crippen LogP contribution in [-0.2, 0) is 0 Å². The monoisotopic (exact) mass is 265 g/mol. The molecule has 0 aromatic heterocycles. The van der Waals surface area contributed by atoms with Gasteiger partial charge in [0.2, 0.25) is 0 Å². The van der Waals surface area contributed by atoms with Crippen LogP contribution in [0.2, 0.25) is 0 Å². The van der Waals surface area contributed by atoms with Gasteiger partial charge in [0.05, 0.1) is 0 Å². The summed E-state index contributed by atoms with van der Waals surface area (Å²) in [5.41, 5.74) is 2.56. The summed E-state index contributed by atoms with van der Waals surface area (Å²) < 4.78 is 0. The second kappa shape index (κ2) is 4.70. The topological polar surface area (TPSA) is 0 Å². The van der Waals surface area contributed by atoms with Crippen LogP contribution in [0, 0.1) is 0 Å². The first-order valence-corrected chi connectivity index (χ1v) is 7.20. The van der Waals surface area contributed by atoms with E-state index in [-0.39, 0.29) is 0 Å². The van der Waals surface area contributed by atoms with E-state index in [1.165, 1.54) is 16.0 Å². The van der Waals surface area contributed by atoms with Gasteiger partial charge < -0.3 is 0 Å². The third-order valence-corrected chi connectivity index (χ3v) is 3.73. The van der Waals surface area contributed by atoms with Crippen LogP contribution in [0.4, 0.5) is 0 Å². The summed E-state index contributed by atoms with van der Waals surface area (Å²) in [4.78, 5) is 1.28. The average Bonchev–Trinajstić information content (AvgIpc) is 2.30. The van der Waals surface area contributed by atoms with Crippen molar-refractivity contribution in [1.82, 2.24) is 0 Å². The van der Waals surface area contributed by atoms with E-state index >= 15 is 0 Å². The molecule has 0 N–H and O–H groups in total. The molecule has 0 bridgehead atoms. The van der Waals surface area contributed by atoms with Crippen molar-refractivity contribution in [1.29, 1.82) is 0 Å². The van der Waals surface area contributed by atoms with Crippen LogP contribution in [0.1, 0.15) is 0 Å². The molecule has 0 atom stereocenters. The van der Waals surface area contributed by atoms with Crippen LogP contribution in [0.15, 0.2) is 59.5 Å². The minimum atomic E-state index is 1.27. The van der Waals surface area contributed by atoms with Crippen molar-refractivity contribution in [3.05, 3.63) is 54.6 Å². The Hall–Kier alpha value is -0.691. The molecule has 2 rings (SSSR count). The number of hydrogen-bond donors (Lipinski definition) is 0. The van der Waals surface area contributed by atoms with Crippen molar-refractivity contribution >= 4 is 25.1 Å². The molecule has 2 heteroatoms. The van der Waals surface area contributed by atoms with Crippen LogP contribution >= 0.6 is 10.2 Å². The van der Waals surface area contributed by atoms with Crippen molar-refractivity contribution in [3.8, 4) is 11.1 Å². The first-order valence-electron chi connectivity index (χ1n) is 4.36. The maximum atomic E-state index is 2.99. The van der Waals surface area contributed by atoms with E-state index < -0.39 is 0 Å². The third-order valence-electron chi connectivity index (χ3n) is 2.06. The molecule has 0 amide bonds.